The average molecular weight is 467 g/mol. The van der Waals surface area contributed by atoms with Gasteiger partial charge in [-0.1, -0.05) is 53.7 Å². The zero-order valence-electron chi connectivity index (χ0n) is 22.2. The Morgan fingerprint density at radius 3 is 2.21 bits per heavy atom. The van der Waals surface area contributed by atoms with Crippen LogP contribution >= 0.6 is 0 Å². The lowest BCUT2D eigenvalue weighted by Crippen LogP contribution is -2.22. The van der Waals surface area contributed by atoms with Crippen LogP contribution in [-0.2, 0) is 15.6 Å². The fraction of sp³-hybridized carbons (Fsp3) is 0.517. The van der Waals surface area contributed by atoms with Crippen LogP contribution in [0.4, 0.5) is 0 Å². The zero-order chi connectivity index (χ0) is 25.4. The minimum Gasteiger partial charge on any atom is -0.497 e. The summed E-state index contributed by atoms with van der Waals surface area (Å²) < 4.78 is 11.3. The summed E-state index contributed by atoms with van der Waals surface area (Å²) in [7, 11) is 1.63. The molecule has 0 unspecified atom stereocenters. The van der Waals surface area contributed by atoms with Crippen LogP contribution in [0.3, 0.4) is 0 Å². The van der Waals surface area contributed by atoms with Gasteiger partial charge in [0.1, 0.15) is 11.5 Å². The normalized spacial score (nSPS) is 12.4. The van der Waals surface area contributed by atoms with Crippen molar-refractivity contribution < 1.29 is 14.3 Å². The highest BCUT2D eigenvalue weighted by Gasteiger charge is 2.26. The van der Waals surface area contributed by atoms with Gasteiger partial charge in [-0.3, -0.25) is 4.79 Å². The minimum atomic E-state index is -0.120. The number of nitrogens with zero attached hydrogens (tertiary/aromatic N) is 1. The quantitative estimate of drug-likeness (QED) is 0.213. The summed E-state index contributed by atoms with van der Waals surface area (Å²) in [6.45, 7) is 15.9. The first-order valence-corrected chi connectivity index (χ1v) is 12.3. The number of hydrogen-bond acceptors (Lipinski definition) is 4. The van der Waals surface area contributed by atoms with E-state index in [1.165, 1.54) is 11.1 Å². The number of carbonyl (C=O) groups is 1. The summed E-state index contributed by atoms with van der Waals surface area (Å²) in [5.41, 5.74) is 7.03. The summed E-state index contributed by atoms with van der Waals surface area (Å²) >= 11 is 0. The Balaban J connectivity index is 1.95. The highest BCUT2D eigenvalue weighted by atomic mass is 16.5. The molecule has 5 nitrogen and oxygen atoms in total. The van der Waals surface area contributed by atoms with E-state index in [0.29, 0.717) is 19.4 Å². The van der Waals surface area contributed by atoms with Crippen molar-refractivity contribution in [2.45, 2.75) is 85.0 Å². The largest absolute Gasteiger partial charge is 0.497 e. The van der Waals surface area contributed by atoms with Gasteiger partial charge >= 0.3 is 0 Å². The molecule has 0 radical (unpaired) electrons. The lowest BCUT2D eigenvalue weighted by molar-refractivity contribution is -0.121. The van der Waals surface area contributed by atoms with E-state index >= 15 is 0 Å². The van der Waals surface area contributed by atoms with Crippen molar-refractivity contribution in [2.24, 2.45) is 5.10 Å². The summed E-state index contributed by atoms with van der Waals surface area (Å²) in [4.78, 5) is 12.3. The first kappa shape index (κ1) is 27.4. The minimum absolute atomic E-state index is 0.0141. The van der Waals surface area contributed by atoms with Crippen LogP contribution in [-0.4, -0.2) is 25.3 Å². The van der Waals surface area contributed by atoms with Crippen LogP contribution in [0.25, 0.3) is 0 Å². The van der Waals surface area contributed by atoms with Crippen LogP contribution in [0.15, 0.2) is 47.6 Å². The van der Waals surface area contributed by atoms with Crippen molar-refractivity contribution in [3.8, 4) is 11.5 Å². The molecule has 186 valence electrons. The maximum atomic E-state index is 12.3. The Morgan fingerprint density at radius 1 is 0.971 bits per heavy atom. The topological polar surface area (TPSA) is 59.9 Å². The van der Waals surface area contributed by atoms with Gasteiger partial charge in [-0.25, -0.2) is 5.43 Å². The molecule has 2 aromatic carbocycles. The predicted molar refractivity (Wildman–Crippen MR) is 141 cm³/mol. The molecule has 34 heavy (non-hydrogen) atoms. The number of hydrogen-bond donors (Lipinski definition) is 1. The van der Waals surface area contributed by atoms with Gasteiger partial charge in [-0.15, -0.1) is 0 Å². The average Bonchev–Trinajstić information content (AvgIpc) is 2.85. The Hall–Kier alpha value is -2.82. The van der Waals surface area contributed by atoms with E-state index < -0.39 is 0 Å². The number of nitrogens with one attached hydrogen (secondary N) is 1. The van der Waals surface area contributed by atoms with Gasteiger partial charge in [0.15, 0.2) is 0 Å². The highest BCUT2D eigenvalue weighted by Crippen LogP contribution is 2.38. The number of amides is 1. The van der Waals surface area contributed by atoms with E-state index in [4.69, 9.17) is 9.47 Å². The van der Waals surface area contributed by atoms with Gasteiger partial charge in [0.2, 0.25) is 5.91 Å². The number of ether oxygens (including phenoxy) is 2. The lowest BCUT2D eigenvalue weighted by atomic mass is 9.76. The maximum Gasteiger partial charge on any atom is 0.240 e. The fourth-order valence-electron chi connectivity index (χ4n) is 3.51. The third kappa shape index (κ3) is 7.34. The second kappa shape index (κ2) is 12.0. The van der Waals surface area contributed by atoms with Gasteiger partial charge in [0, 0.05) is 12.0 Å². The van der Waals surface area contributed by atoms with Crippen molar-refractivity contribution in [2.75, 3.05) is 13.7 Å². The first-order valence-electron chi connectivity index (χ1n) is 12.3. The molecule has 0 spiro atoms. The molecule has 5 heteroatoms. The Bertz CT molecular complexity index is 975. The van der Waals surface area contributed by atoms with Gasteiger partial charge in [-0.05, 0) is 78.5 Å². The molecular formula is C29H42N2O3. The molecule has 0 saturated heterocycles. The molecule has 0 aliphatic rings. The molecule has 0 aliphatic carbocycles. The number of rotatable bonds is 12. The molecule has 0 saturated carbocycles. The number of benzene rings is 2. The maximum absolute atomic E-state index is 12.3. The van der Waals surface area contributed by atoms with Crippen LogP contribution in [0.5, 0.6) is 11.5 Å². The Labute approximate surface area is 205 Å². The fourth-order valence-corrected chi connectivity index (χ4v) is 3.51. The van der Waals surface area contributed by atoms with Crippen LogP contribution < -0.4 is 14.9 Å². The molecule has 2 aromatic rings. The SMILES string of the molecule is CCC(C)(C)c1ccc(OCCCC(=O)NN=C(C)c2ccc(OC)cc2)c(C(C)(C)CC)c1. The molecule has 0 atom stereocenters. The van der Waals surface area contributed by atoms with Gasteiger partial charge < -0.3 is 9.47 Å². The summed E-state index contributed by atoms with van der Waals surface area (Å²) in [5.74, 6) is 1.58. The van der Waals surface area contributed by atoms with Crippen molar-refractivity contribution >= 4 is 11.6 Å². The number of methoxy groups -OCH3 is 1. The number of hydrazone groups is 1. The van der Waals surface area contributed by atoms with E-state index in [9.17, 15) is 4.79 Å². The molecule has 1 amide bonds. The molecule has 0 fully saturated rings. The highest BCUT2D eigenvalue weighted by molar-refractivity contribution is 5.99. The summed E-state index contributed by atoms with van der Waals surface area (Å²) in [6, 6.07) is 14.2. The predicted octanol–water partition coefficient (Wildman–Crippen LogP) is 6.77. The monoisotopic (exact) mass is 466 g/mol. The van der Waals surface area contributed by atoms with Crippen LogP contribution in [0, 0.1) is 0 Å². The summed E-state index contributed by atoms with van der Waals surface area (Å²) in [5, 5.41) is 4.22. The van der Waals surface area contributed by atoms with Gasteiger partial charge in [0.05, 0.1) is 19.4 Å². The summed E-state index contributed by atoms with van der Waals surface area (Å²) in [6.07, 6.45) is 3.08. The molecule has 0 bridgehead atoms. The van der Waals surface area contributed by atoms with Crippen LogP contribution in [0.1, 0.15) is 90.8 Å². The second-order valence-corrected chi connectivity index (χ2v) is 10.1. The molecule has 1 N–H and O–H groups in total. The molecule has 0 heterocycles. The van der Waals surface area contributed by atoms with Gasteiger partial charge in [-0.2, -0.15) is 5.10 Å². The first-order chi connectivity index (χ1) is 16.0. The van der Waals surface area contributed by atoms with Crippen molar-refractivity contribution in [1.82, 2.24) is 5.43 Å². The van der Waals surface area contributed by atoms with E-state index in [-0.39, 0.29) is 16.7 Å². The third-order valence-electron chi connectivity index (χ3n) is 6.92. The van der Waals surface area contributed by atoms with Crippen molar-refractivity contribution in [3.63, 3.8) is 0 Å². The van der Waals surface area contributed by atoms with E-state index in [0.717, 1.165) is 35.6 Å². The second-order valence-electron chi connectivity index (χ2n) is 10.1. The standard InChI is InChI=1S/C29H42N2O3/c1-9-28(4,5)23-15-18-26(25(20-23)29(6,7)10-2)34-19-11-12-27(32)31-30-21(3)22-13-16-24(33-8)17-14-22/h13-18,20H,9-12,19H2,1-8H3,(H,31,32). The Morgan fingerprint density at radius 2 is 1.62 bits per heavy atom. The molecule has 2 rings (SSSR count). The van der Waals surface area contributed by atoms with Crippen molar-refractivity contribution in [3.05, 3.63) is 59.2 Å². The van der Waals surface area contributed by atoms with E-state index in [2.05, 4.69) is 70.3 Å². The molecular weight excluding hydrogens is 424 g/mol. The number of carbonyl (C=O) groups excluding carboxylic acids is 1. The third-order valence-corrected chi connectivity index (χ3v) is 6.92. The van der Waals surface area contributed by atoms with E-state index in [1.54, 1.807) is 7.11 Å². The Kier molecular flexibility index (Phi) is 9.72. The van der Waals surface area contributed by atoms with Gasteiger partial charge in [0.25, 0.3) is 0 Å². The zero-order valence-corrected chi connectivity index (χ0v) is 22.2. The van der Waals surface area contributed by atoms with Crippen molar-refractivity contribution in [1.29, 1.82) is 0 Å². The smallest absolute Gasteiger partial charge is 0.240 e. The molecule has 0 aliphatic heterocycles. The van der Waals surface area contributed by atoms with E-state index in [1.807, 2.05) is 31.2 Å². The molecule has 0 aromatic heterocycles. The van der Waals surface area contributed by atoms with Crippen LogP contribution in [0.2, 0.25) is 0 Å². The lowest BCUT2D eigenvalue weighted by Gasteiger charge is -2.30.